The Balaban J connectivity index is 1.10. The number of allylic oxidation sites excluding steroid dienone is 2. The summed E-state index contributed by atoms with van der Waals surface area (Å²) < 4.78 is 44.2. The van der Waals surface area contributed by atoms with Gasteiger partial charge in [0.2, 0.25) is 5.91 Å². The number of fused-ring (bicyclic) bond motifs is 1. The molecule has 2 aromatic carbocycles. The number of benzene rings is 2. The number of carbonyl (C=O) groups excluding carboxylic acids is 1. The van der Waals surface area contributed by atoms with Gasteiger partial charge in [-0.2, -0.15) is 13.2 Å². The van der Waals surface area contributed by atoms with E-state index in [4.69, 9.17) is 16.3 Å². The summed E-state index contributed by atoms with van der Waals surface area (Å²) in [6.45, 7) is 3.99. The van der Waals surface area contributed by atoms with Crippen molar-refractivity contribution < 1.29 is 22.7 Å². The molecule has 0 aromatic heterocycles. The molecule has 1 N–H and O–H groups in total. The monoisotopic (exact) mass is 558 g/mol. The number of anilines is 1. The van der Waals surface area contributed by atoms with Gasteiger partial charge in [-0.05, 0) is 60.5 Å². The normalized spacial score (nSPS) is 21.4. The number of hydrogen-bond donors (Lipinski definition) is 1. The number of nitrogens with zero attached hydrogens (tertiary/aromatic N) is 3. The molecule has 1 amide bonds. The van der Waals surface area contributed by atoms with Crippen molar-refractivity contribution in [2.45, 2.75) is 57.1 Å². The van der Waals surface area contributed by atoms with Crippen molar-refractivity contribution in [2.75, 3.05) is 18.0 Å². The number of amides is 1. The lowest BCUT2D eigenvalue weighted by atomic mass is 10.0. The van der Waals surface area contributed by atoms with Gasteiger partial charge in [-0.1, -0.05) is 30.7 Å². The summed E-state index contributed by atoms with van der Waals surface area (Å²) in [6, 6.07) is 12.4. The van der Waals surface area contributed by atoms with Gasteiger partial charge in [0.15, 0.2) is 0 Å². The highest BCUT2D eigenvalue weighted by molar-refractivity contribution is 6.32. The van der Waals surface area contributed by atoms with E-state index in [0.29, 0.717) is 17.3 Å². The second-order valence-corrected chi connectivity index (χ2v) is 10.3. The van der Waals surface area contributed by atoms with E-state index < -0.39 is 17.8 Å². The van der Waals surface area contributed by atoms with Gasteiger partial charge >= 0.3 is 6.18 Å². The molecule has 1 saturated heterocycles. The zero-order chi connectivity index (χ0) is 27.6. The van der Waals surface area contributed by atoms with E-state index in [-0.39, 0.29) is 18.1 Å². The number of alkyl halides is 3. The van der Waals surface area contributed by atoms with E-state index in [1.165, 1.54) is 12.1 Å². The lowest BCUT2D eigenvalue weighted by Crippen LogP contribution is -2.48. The minimum atomic E-state index is -4.35. The van der Waals surface area contributed by atoms with Crippen LogP contribution in [0, 0.1) is 0 Å². The smallest absolute Gasteiger partial charge is 0.416 e. The zero-order valence-electron chi connectivity index (χ0n) is 21.5. The fraction of sp³-hybridized carbons (Fsp3) is 0.379. The SMILES string of the molecule is CCC1N=C2C=CC(Cl)=CN2C1C(=O)NCc1ccc(N2CCC(Oc3ccc(C(F)(F)F)cc3)CC2)cc1. The molecule has 2 atom stereocenters. The van der Waals surface area contributed by atoms with E-state index in [2.05, 4.69) is 15.2 Å². The van der Waals surface area contributed by atoms with Gasteiger partial charge < -0.3 is 19.9 Å². The zero-order valence-corrected chi connectivity index (χ0v) is 22.3. The molecule has 3 aliphatic heterocycles. The first-order valence-electron chi connectivity index (χ1n) is 13.1. The average Bonchev–Trinajstić information content (AvgIpc) is 3.30. The summed E-state index contributed by atoms with van der Waals surface area (Å²) in [7, 11) is 0. The van der Waals surface area contributed by atoms with Crippen molar-refractivity contribution in [3.63, 3.8) is 0 Å². The van der Waals surface area contributed by atoms with Crippen LogP contribution in [0.1, 0.15) is 37.3 Å². The second-order valence-electron chi connectivity index (χ2n) is 9.87. The van der Waals surface area contributed by atoms with Crippen molar-refractivity contribution >= 4 is 29.0 Å². The summed E-state index contributed by atoms with van der Waals surface area (Å²) >= 11 is 6.16. The third-order valence-corrected chi connectivity index (χ3v) is 7.49. The average molecular weight is 559 g/mol. The van der Waals surface area contributed by atoms with Crippen molar-refractivity contribution in [3.05, 3.63) is 83.0 Å². The number of aliphatic imine (C=N–C) groups is 1. The van der Waals surface area contributed by atoms with Gasteiger partial charge in [0, 0.05) is 44.4 Å². The first-order valence-corrected chi connectivity index (χ1v) is 13.5. The fourth-order valence-corrected chi connectivity index (χ4v) is 5.29. The third kappa shape index (κ3) is 6.24. The molecule has 0 spiro atoms. The van der Waals surface area contributed by atoms with Crippen LogP contribution in [-0.4, -0.2) is 47.9 Å². The maximum atomic E-state index is 13.1. The minimum Gasteiger partial charge on any atom is -0.490 e. The lowest BCUT2D eigenvalue weighted by Gasteiger charge is -2.34. The number of halogens is 4. The van der Waals surface area contributed by atoms with E-state index >= 15 is 0 Å². The fourth-order valence-electron chi connectivity index (χ4n) is 5.12. The molecule has 2 unspecified atom stereocenters. The Morgan fingerprint density at radius 1 is 1.08 bits per heavy atom. The quantitative estimate of drug-likeness (QED) is 0.461. The Bertz CT molecular complexity index is 1270. The molecule has 3 aliphatic rings. The highest BCUT2D eigenvalue weighted by Gasteiger charge is 2.39. The highest BCUT2D eigenvalue weighted by atomic mass is 35.5. The molecule has 0 aliphatic carbocycles. The predicted molar refractivity (Wildman–Crippen MR) is 146 cm³/mol. The Morgan fingerprint density at radius 3 is 2.41 bits per heavy atom. The van der Waals surface area contributed by atoms with E-state index in [1.807, 2.05) is 42.2 Å². The number of piperidine rings is 1. The number of nitrogens with one attached hydrogen (secondary N) is 1. The molecule has 0 saturated carbocycles. The Morgan fingerprint density at radius 2 is 1.77 bits per heavy atom. The van der Waals surface area contributed by atoms with Crippen LogP contribution in [0.3, 0.4) is 0 Å². The second kappa shape index (κ2) is 11.3. The number of ether oxygens (including phenoxy) is 1. The van der Waals surface area contributed by atoms with Crippen LogP contribution < -0.4 is 15.0 Å². The summed E-state index contributed by atoms with van der Waals surface area (Å²) in [6.07, 6.45) is 3.26. The number of amidine groups is 1. The molecular weight excluding hydrogens is 529 g/mol. The topological polar surface area (TPSA) is 57.2 Å². The van der Waals surface area contributed by atoms with E-state index in [0.717, 1.165) is 61.6 Å². The third-order valence-electron chi connectivity index (χ3n) is 7.26. The molecule has 39 heavy (non-hydrogen) atoms. The van der Waals surface area contributed by atoms with Crippen molar-refractivity contribution in [1.82, 2.24) is 10.2 Å². The minimum absolute atomic E-state index is 0.0420. The first-order chi connectivity index (χ1) is 18.7. The molecule has 206 valence electrons. The van der Waals surface area contributed by atoms with Crippen LogP contribution >= 0.6 is 11.6 Å². The summed E-state index contributed by atoms with van der Waals surface area (Å²) in [5, 5.41) is 3.61. The van der Waals surface area contributed by atoms with Gasteiger partial charge in [0.25, 0.3) is 0 Å². The summed E-state index contributed by atoms with van der Waals surface area (Å²) in [5.41, 5.74) is 1.39. The van der Waals surface area contributed by atoms with Gasteiger partial charge in [-0.3, -0.25) is 9.79 Å². The molecule has 10 heteroatoms. The van der Waals surface area contributed by atoms with Crippen molar-refractivity contribution in [1.29, 1.82) is 0 Å². The van der Waals surface area contributed by atoms with Crippen molar-refractivity contribution in [3.8, 4) is 5.75 Å². The molecule has 6 nitrogen and oxygen atoms in total. The van der Waals surface area contributed by atoms with Gasteiger partial charge in [0.05, 0.1) is 16.6 Å². The highest BCUT2D eigenvalue weighted by Crippen LogP contribution is 2.31. The maximum absolute atomic E-state index is 13.1. The van der Waals surface area contributed by atoms with E-state index in [9.17, 15) is 18.0 Å². The van der Waals surface area contributed by atoms with Crippen LogP contribution in [0.25, 0.3) is 0 Å². The Hall–Kier alpha value is -3.46. The van der Waals surface area contributed by atoms with Gasteiger partial charge in [-0.15, -0.1) is 0 Å². The van der Waals surface area contributed by atoms with Gasteiger partial charge in [0.1, 0.15) is 23.7 Å². The molecule has 1 fully saturated rings. The Kier molecular flexibility index (Phi) is 7.88. The molecule has 0 bridgehead atoms. The molecule has 2 aromatic rings. The maximum Gasteiger partial charge on any atom is 0.416 e. The standard InChI is InChI=1S/C29H30ClF3N4O2/c1-2-25-27(37-18-21(30)7-12-26(37)35-25)28(38)34-17-19-3-8-22(9-4-19)36-15-13-24(14-16-36)39-23-10-5-20(6-11-23)29(31,32)33/h3-12,18,24-25,27H,2,13-17H2,1H3,(H,34,38). The molecule has 0 radical (unpaired) electrons. The number of rotatable bonds is 7. The summed E-state index contributed by atoms with van der Waals surface area (Å²) in [5.74, 6) is 1.12. The van der Waals surface area contributed by atoms with Crippen LogP contribution in [0.4, 0.5) is 18.9 Å². The Labute approximate surface area is 230 Å². The van der Waals surface area contributed by atoms with Crippen LogP contribution in [0.15, 0.2) is 76.9 Å². The lowest BCUT2D eigenvalue weighted by molar-refractivity contribution is -0.137. The number of carbonyl (C=O) groups is 1. The number of hydrogen-bond acceptors (Lipinski definition) is 5. The summed E-state index contributed by atoms with van der Waals surface area (Å²) in [4.78, 5) is 21.9. The van der Waals surface area contributed by atoms with E-state index in [1.54, 1.807) is 12.3 Å². The van der Waals surface area contributed by atoms with Crippen LogP contribution in [0.2, 0.25) is 0 Å². The molecule has 3 heterocycles. The predicted octanol–water partition coefficient (Wildman–Crippen LogP) is 5.88. The van der Waals surface area contributed by atoms with Crippen molar-refractivity contribution in [2.24, 2.45) is 4.99 Å². The molecular formula is C29H30ClF3N4O2. The largest absolute Gasteiger partial charge is 0.490 e. The van der Waals surface area contributed by atoms with Crippen LogP contribution in [-0.2, 0) is 17.5 Å². The van der Waals surface area contributed by atoms with Crippen LogP contribution in [0.5, 0.6) is 5.75 Å². The van der Waals surface area contributed by atoms with Gasteiger partial charge in [-0.25, -0.2) is 0 Å². The first kappa shape index (κ1) is 27.1. The molecule has 5 rings (SSSR count).